The lowest BCUT2D eigenvalue weighted by atomic mass is 10.0. The molecule has 1 atom stereocenters. The largest absolute Gasteiger partial charge is 0.399 e. The van der Waals surface area contributed by atoms with Gasteiger partial charge in [0.05, 0.1) is 0 Å². The van der Waals surface area contributed by atoms with Gasteiger partial charge < -0.3 is 10.6 Å². The van der Waals surface area contributed by atoms with Gasteiger partial charge in [-0.15, -0.1) is 0 Å². The molecule has 2 N–H and O–H groups in total. The number of hydrogen-bond donors (Lipinski definition) is 1. The summed E-state index contributed by atoms with van der Waals surface area (Å²) in [5.74, 6) is 1.49. The van der Waals surface area contributed by atoms with E-state index in [0.29, 0.717) is 22.8 Å². The molecule has 1 aromatic rings. The van der Waals surface area contributed by atoms with Gasteiger partial charge >= 0.3 is 0 Å². The predicted molar refractivity (Wildman–Crippen MR) is 71.0 cm³/mol. The minimum absolute atomic E-state index is 0.422. The molecule has 0 spiro atoms. The number of nitrogens with zero attached hydrogens (tertiary/aromatic N) is 2. The molecule has 4 heteroatoms. The van der Waals surface area contributed by atoms with Crippen LogP contribution in [0, 0.1) is 5.92 Å². The molecular formula is C12H20ClN3. The van der Waals surface area contributed by atoms with Gasteiger partial charge in [0.15, 0.2) is 0 Å². The summed E-state index contributed by atoms with van der Waals surface area (Å²) in [7, 11) is 2.02. The Morgan fingerprint density at radius 3 is 2.50 bits per heavy atom. The summed E-state index contributed by atoms with van der Waals surface area (Å²) in [6.07, 6.45) is 1.12. The quantitative estimate of drug-likeness (QED) is 0.824. The SMILES string of the molecule is CC(C)CC(C)N(C)c1cc(N)cc(Cl)n1. The van der Waals surface area contributed by atoms with E-state index in [4.69, 9.17) is 17.3 Å². The molecule has 0 aliphatic carbocycles. The molecule has 0 aromatic carbocycles. The van der Waals surface area contributed by atoms with Crippen LogP contribution >= 0.6 is 11.6 Å². The Morgan fingerprint density at radius 2 is 2.00 bits per heavy atom. The molecule has 0 saturated carbocycles. The van der Waals surface area contributed by atoms with Crippen molar-refractivity contribution in [1.29, 1.82) is 0 Å². The maximum Gasteiger partial charge on any atom is 0.133 e. The Morgan fingerprint density at radius 1 is 1.38 bits per heavy atom. The average molecular weight is 242 g/mol. The lowest BCUT2D eigenvalue weighted by molar-refractivity contribution is 0.502. The van der Waals surface area contributed by atoms with Gasteiger partial charge in [-0.05, 0) is 25.3 Å². The molecule has 16 heavy (non-hydrogen) atoms. The number of anilines is 2. The first-order valence-corrected chi connectivity index (χ1v) is 5.94. The standard InChI is InChI=1S/C12H20ClN3/c1-8(2)5-9(3)16(4)12-7-10(14)6-11(13)15-12/h6-9H,5H2,1-4H3,(H2,14,15). The molecule has 0 radical (unpaired) electrons. The van der Waals surface area contributed by atoms with Crippen LogP contribution in [0.4, 0.5) is 11.5 Å². The first-order chi connectivity index (χ1) is 7.40. The van der Waals surface area contributed by atoms with Crippen LogP contribution in [0.15, 0.2) is 12.1 Å². The summed E-state index contributed by atoms with van der Waals surface area (Å²) in [5, 5.41) is 0.443. The highest BCUT2D eigenvalue weighted by molar-refractivity contribution is 6.29. The number of aromatic nitrogens is 1. The minimum atomic E-state index is 0.422. The molecule has 0 saturated heterocycles. The number of nitrogens with two attached hydrogens (primary N) is 1. The molecule has 0 bridgehead atoms. The summed E-state index contributed by atoms with van der Waals surface area (Å²) < 4.78 is 0. The molecule has 0 aliphatic rings. The van der Waals surface area contributed by atoms with Crippen molar-refractivity contribution in [3.05, 3.63) is 17.3 Å². The summed E-state index contributed by atoms with van der Waals surface area (Å²) in [5.41, 5.74) is 6.40. The normalized spacial score (nSPS) is 12.9. The lowest BCUT2D eigenvalue weighted by Crippen LogP contribution is -2.30. The van der Waals surface area contributed by atoms with Crippen molar-refractivity contribution in [2.45, 2.75) is 33.2 Å². The second kappa shape index (κ2) is 5.39. The summed E-state index contributed by atoms with van der Waals surface area (Å²) >= 11 is 5.89. The van der Waals surface area contributed by atoms with E-state index in [9.17, 15) is 0 Å². The zero-order valence-electron chi connectivity index (χ0n) is 10.4. The smallest absolute Gasteiger partial charge is 0.133 e. The highest BCUT2D eigenvalue weighted by Gasteiger charge is 2.13. The van der Waals surface area contributed by atoms with E-state index in [0.717, 1.165) is 12.2 Å². The van der Waals surface area contributed by atoms with E-state index in [1.165, 1.54) is 0 Å². The summed E-state index contributed by atoms with van der Waals surface area (Å²) in [6.45, 7) is 6.60. The minimum Gasteiger partial charge on any atom is -0.399 e. The lowest BCUT2D eigenvalue weighted by Gasteiger charge is -2.27. The highest BCUT2D eigenvalue weighted by atomic mass is 35.5. The van der Waals surface area contributed by atoms with Crippen LogP contribution in [-0.2, 0) is 0 Å². The van der Waals surface area contributed by atoms with E-state index >= 15 is 0 Å². The van der Waals surface area contributed by atoms with Gasteiger partial charge in [-0.1, -0.05) is 25.4 Å². The van der Waals surface area contributed by atoms with E-state index in [-0.39, 0.29) is 0 Å². The van der Waals surface area contributed by atoms with Crippen molar-refractivity contribution >= 4 is 23.1 Å². The second-order valence-electron chi connectivity index (χ2n) is 4.67. The molecule has 3 nitrogen and oxygen atoms in total. The third kappa shape index (κ3) is 3.56. The van der Waals surface area contributed by atoms with Crippen molar-refractivity contribution < 1.29 is 0 Å². The van der Waals surface area contributed by atoms with Gasteiger partial charge in [-0.2, -0.15) is 0 Å². The van der Waals surface area contributed by atoms with E-state index in [1.54, 1.807) is 6.07 Å². The van der Waals surface area contributed by atoms with Crippen LogP contribution in [0.25, 0.3) is 0 Å². The van der Waals surface area contributed by atoms with Crippen molar-refractivity contribution in [2.75, 3.05) is 17.7 Å². The van der Waals surface area contributed by atoms with Crippen LogP contribution in [0.1, 0.15) is 27.2 Å². The maximum absolute atomic E-state index is 5.89. The van der Waals surface area contributed by atoms with Gasteiger partial charge in [-0.25, -0.2) is 4.98 Å². The second-order valence-corrected chi connectivity index (χ2v) is 5.06. The molecule has 1 rings (SSSR count). The average Bonchev–Trinajstić information content (AvgIpc) is 2.13. The Kier molecular flexibility index (Phi) is 4.42. The first-order valence-electron chi connectivity index (χ1n) is 5.56. The third-order valence-electron chi connectivity index (χ3n) is 2.64. The van der Waals surface area contributed by atoms with Crippen LogP contribution in [-0.4, -0.2) is 18.1 Å². The van der Waals surface area contributed by atoms with E-state index < -0.39 is 0 Å². The zero-order chi connectivity index (χ0) is 12.3. The van der Waals surface area contributed by atoms with E-state index in [1.807, 2.05) is 13.1 Å². The third-order valence-corrected chi connectivity index (χ3v) is 2.83. The molecule has 1 aromatic heterocycles. The van der Waals surface area contributed by atoms with E-state index in [2.05, 4.69) is 30.7 Å². The van der Waals surface area contributed by atoms with Crippen molar-refractivity contribution in [3.63, 3.8) is 0 Å². The topological polar surface area (TPSA) is 42.1 Å². The number of rotatable bonds is 4. The highest BCUT2D eigenvalue weighted by Crippen LogP contribution is 2.22. The van der Waals surface area contributed by atoms with Gasteiger partial charge in [0.1, 0.15) is 11.0 Å². The maximum atomic E-state index is 5.89. The Balaban J connectivity index is 2.82. The van der Waals surface area contributed by atoms with Gasteiger partial charge in [0.25, 0.3) is 0 Å². The number of hydrogen-bond acceptors (Lipinski definition) is 3. The fourth-order valence-corrected chi connectivity index (χ4v) is 1.96. The van der Waals surface area contributed by atoms with Crippen molar-refractivity contribution in [3.8, 4) is 0 Å². The van der Waals surface area contributed by atoms with Crippen LogP contribution in [0.3, 0.4) is 0 Å². The van der Waals surface area contributed by atoms with Crippen LogP contribution in [0.5, 0.6) is 0 Å². The Bertz CT molecular complexity index is 332. The molecular weight excluding hydrogens is 222 g/mol. The molecule has 1 heterocycles. The molecule has 0 aliphatic heterocycles. The molecule has 0 fully saturated rings. The first kappa shape index (κ1) is 13.1. The monoisotopic (exact) mass is 241 g/mol. The fraction of sp³-hybridized carbons (Fsp3) is 0.583. The van der Waals surface area contributed by atoms with Crippen LogP contribution < -0.4 is 10.6 Å². The number of halogens is 1. The van der Waals surface area contributed by atoms with Crippen molar-refractivity contribution in [1.82, 2.24) is 4.98 Å². The summed E-state index contributed by atoms with van der Waals surface area (Å²) in [4.78, 5) is 6.39. The molecule has 0 amide bonds. The van der Waals surface area contributed by atoms with Crippen molar-refractivity contribution in [2.24, 2.45) is 5.92 Å². The van der Waals surface area contributed by atoms with Crippen LogP contribution in [0.2, 0.25) is 5.15 Å². The predicted octanol–water partition coefficient (Wildman–Crippen LogP) is 3.19. The van der Waals surface area contributed by atoms with Gasteiger partial charge in [0.2, 0.25) is 0 Å². The number of pyridine rings is 1. The molecule has 1 unspecified atom stereocenters. The number of nitrogen functional groups attached to an aromatic ring is 1. The fourth-order valence-electron chi connectivity index (χ4n) is 1.75. The Labute approximate surface area is 103 Å². The summed E-state index contributed by atoms with van der Waals surface area (Å²) in [6, 6.07) is 3.93. The zero-order valence-corrected chi connectivity index (χ0v) is 11.1. The van der Waals surface area contributed by atoms with Gasteiger partial charge in [0, 0.05) is 24.8 Å². The van der Waals surface area contributed by atoms with Gasteiger partial charge in [-0.3, -0.25) is 0 Å². The Hall–Kier alpha value is -0.960. The molecule has 90 valence electrons.